The molecular formula is C14H11ClN2S. The Morgan fingerprint density at radius 3 is 2.67 bits per heavy atom. The number of nitrogens with zero attached hydrogens (tertiary/aromatic N) is 2. The number of rotatable bonds is 1. The second-order valence-corrected chi connectivity index (χ2v) is 5.50. The molecule has 0 atom stereocenters. The molecule has 0 saturated heterocycles. The first-order valence-electron chi connectivity index (χ1n) is 5.64. The zero-order valence-electron chi connectivity index (χ0n) is 10.1. The van der Waals surface area contributed by atoms with Crippen LogP contribution in [0.2, 0.25) is 5.02 Å². The van der Waals surface area contributed by atoms with Crippen molar-refractivity contribution in [3.05, 3.63) is 45.9 Å². The molecule has 2 aromatic heterocycles. The number of thiophene rings is 1. The highest BCUT2D eigenvalue weighted by atomic mass is 35.5. The highest BCUT2D eigenvalue weighted by Crippen LogP contribution is 2.30. The minimum Gasteiger partial charge on any atom is -0.232 e. The molecule has 0 radical (unpaired) electrons. The van der Waals surface area contributed by atoms with Gasteiger partial charge in [-0.3, -0.25) is 0 Å². The van der Waals surface area contributed by atoms with Crippen molar-refractivity contribution in [2.75, 3.05) is 0 Å². The standard InChI is InChI=1S/C14H11ClN2S/c1-8-7-18-13-9(2)16-14(17-12(8)13)10-5-3-4-6-11(10)15/h3-7H,1-2H3. The molecule has 2 nitrogen and oxygen atoms in total. The fourth-order valence-electron chi connectivity index (χ4n) is 1.94. The number of fused-ring (bicyclic) bond motifs is 1. The molecule has 0 fully saturated rings. The van der Waals surface area contributed by atoms with E-state index in [4.69, 9.17) is 11.6 Å². The average molecular weight is 275 g/mol. The maximum absolute atomic E-state index is 6.20. The Kier molecular flexibility index (Phi) is 2.80. The summed E-state index contributed by atoms with van der Waals surface area (Å²) in [6, 6.07) is 7.67. The van der Waals surface area contributed by atoms with Crippen LogP contribution >= 0.6 is 22.9 Å². The molecule has 0 spiro atoms. The monoisotopic (exact) mass is 274 g/mol. The van der Waals surface area contributed by atoms with Gasteiger partial charge in [0.25, 0.3) is 0 Å². The fourth-order valence-corrected chi connectivity index (χ4v) is 3.10. The molecule has 0 aliphatic heterocycles. The Labute approximate surface area is 114 Å². The van der Waals surface area contributed by atoms with Gasteiger partial charge in [0, 0.05) is 5.56 Å². The first kappa shape index (κ1) is 11.6. The highest BCUT2D eigenvalue weighted by Gasteiger charge is 2.11. The summed E-state index contributed by atoms with van der Waals surface area (Å²) in [5.74, 6) is 0.701. The second-order valence-electron chi connectivity index (χ2n) is 4.21. The van der Waals surface area contributed by atoms with E-state index < -0.39 is 0 Å². The molecule has 3 aromatic rings. The lowest BCUT2D eigenvalue weighted by Crippen LogP contribution is -1.93. The summed E-state index contributed by atoms with van der Waals surface area (Å²) >= 11 is 7.89. The molecule has 3 rings (SSSR count). The van der Waals surface area contributed by atoms with E-state index in [0.717, 1.165) is 21.5 Å². The van der Waals surface area contributed by atoms with E-state index in [0.29, 0.717) is 10.8 Å². The van der Waals surface area contributed by atoms with Crippen LogP contribution in [0.25, 0.3) is 21.6 Å². The van der Waals surface area contributed by atoms with Gasteiger partial charge in [-0.1, -0.05) is 23.7 Å². The average Bonchev–Trinajstić information content (AvgIpc) is 2.72. The van der Waals surface area contributed by atoms with Gasteiger partial charge >= 0.3 is 0 Å². The SMILES string of the molecule is Cc1csc2c(C)nc(-c3ccccc3Cl)nc12. The van der Waals surface area contributed by atoms with Crippen LogP contribution in [-0.4, -0.2) is 9.97 Å². The van der Waals surface area contributed by atoms with Crippen LogP contribution in [0.3, 0.4) is 0 Å². The molecule has 90 valence electrons. The highest BCUT2D eigenvalue weighted by molar-refractivity contribution is 7.17. The summed E-state index contributed by atoms with van der Waals surface area (Å²) in [6.45, 7) is 4.09. The van der Waals surface area contributed by atoms with Gasteiger partial charge in [-0.2, -0.15) is 0 Å². The van der Waals surface area contributed by atoms with Gasteiger partial charge in [-0.05, 0) is 36.9 Å². The van der Waals surface area contributed by atoms with E-state index in [9.17, 15) is 0 Å². The zero-order chi connectivity index (χ0) is 12.7. The molecule has 0 aliphatic carbocycles. The molecule has 4 heteroatoms. The topological polar surface area (TPSA) is 25.8 Å². The van der Waals surface area contributed by atoms with Crippen LogP contribution in [0.5, 0.6) is 0 Å². The largest absolute Gasteiger partial charge is 0.232 e. The predicted molar refractivity (Wildman–Crippen MR) is 77.3 cm³/mol. The maximum atomic E-state index is 6.20. The summed E-state index contributed by atoms with van der Waals surface area (Å²) in [5.41, 5.74) is 4.11. The third kappa shape index (κ3) is 1.80. The van der Waals surface area contributed by atoms with Crippen LogP contribution < -0.4 is 0 Å². The van der Waals surface area contributed by atoms with E-state index in [-0.39, 0.29) is 0 Å². The lowest BCUT2D eigenvalue weighted by molar-refractivity contribution is 1.16. The van der Waals surface area contributed by atoms with Gasteiger partial charge in [0.2, 0.25) is 0 Å². The molecule has 1 aromatic carbocycles. The number of aromatic nitrogens is 2. The summed E-state index contributed by atoms with van der Waals surface area (Å²) in [7, 11) is 0. The molecule has 0 aliphatic rings. The molecule has 0 amide bonds. The number of aryl methyl sites for hydroxylation is 2. The second kappa shape index (κ2) is 4.34. The Hall–Kier alpha value is -1.45. The van der Waals surface area contributed by atoms with E-state index >= 15 is 0 Å². The first-order valence-corrected chi connectivity index (χ1v) is 6.90. The van der Waals surface area contributed by atoms with E-state index in [1.807, 2.05) is 31.2 Å². The summed E-state index contributed by atoms with van der Waals surface area (Å²) in [4.78, 5) is 9.20. The summed E-state index contributed by atoms with van der Waals surface area (Å²) in [6.07, 6.45) is 0. The lowest BCUT2D eigenvalue weighted by atomic mass is 10.2. The Morgan fingerprint density at radius 2 is 1.89 bits per heavy atom. The van der Waals surface area contributed by atoms with Gasteiger partial charge in [-0.25, -0.2) is 9.97 Å². The molecule has 0 N–H and O–H groups in total. The first-order chi connectivity index (χ1) is 8.66. The lowest BCUT2D eigenvalue weighted by Gasteiger charge is -2.05. The van der Waals surface area contributed by atoms with Gasteiger partial charge in [0.15, 0.2) is 5.82 Å². The maximum Gasteiger partial charge on any atom is 0.161 e. The van der Waals surface area contributed by atoms with Crippen LogP contribution in [0.4, 0.5) is 0 Å². The van der Waals surface area contributed by atoms with Crippen LogP contribution in [-0.2, 0) is 0 Å². The van der Waals surface area contributed by atoms with Gasteiger partial charge < -0.3 is 0 Å². The van der Waals surface area contributed by atoms with Crippen molar-refractivity contribution in [2.45, 2.75) is 13.8 Å². The molecule has 0 saturated carbocycles. The van der Waals surface area contributed by atoms with Crippen molar-refractivity contribution >= 4 is 33.2 Å². The van der Waals surface area contributed by atoms with Crippen LogP contribution in [0, 0.1) is 13.8 Å². The summed E-state index contributed by atoms with van der Waals surface area (Å²) in [5, 5.41) is 2.80. The van der Waals surface area contributed by atoms with E-state index in [1.54, 1.807) is 11.3 Å². The quantitative estimate of drug-likeness (QED) is 0.647. The van der Waals surface area contributed by atoms with E-state index in [1.165, 1.54) is 5.56 Å². The van der Waals surface area contributed by atoms with Gasteiger partial charge in [0.1, 0.15) is 0 Å². The third-order valence-electron chi connectivity index (χ3n) is 2.88. The zero-order valence-corrected chi connectivity index (χ0v) is 11.6. The summed E-state index contributed by atoms with van der Waals surface area (Å²) < 4.78 is 1.16. The van der Waals surface area contributed by atoms with E-state index in [2.05, 4.69) is 22.3 Å². The van der Waals surface area contributed by atoms with Crippen molar-refractivity contribution < 1.29 is 0 Å². The number of halogens is 1. The third-order valence-corrected chi connectivity index (χ3v) is 4.40. The fraction of sp³-hybridized carbons (Fsp3) is 0.143. The van der Waals surface area contributed by atoms with Crippen molar-refractivity contribution in [2.24, 2.45) is 0 Å². The molecule has 2 heterocycles. The minimum atomic E-state index is 0.684. The molecule has 18 heavy (non-hydrogen) atoms. The number of hydrogen-bond acceptors (Lipinski definition) is 3. The molecule has 0 bridgehead atoms. The Bertz CT molecular complexity index is 734. The Morgan fingerprint density at radius 1 is 1.11 bits per heavy atom. The van der Waals surface area contributed by atoms with Crippen molar-refractivity contribution in [1.82, 2.24) is 9.97 Å². The predicted octanol–water partition coefficient (Wildman–Crippen LogP) is 4.63. The van der Waals surface area contributed by atoms with Crippen LogP contribution in [0.15, 0.2) is 29.6 Å². The minimum absolute atomic E-state index is 0.684. The Balaban J connectivity index is 2.31. The number of hydrogen-bond donors (Lipinski definition) is 0. The molecular weight excluding hydrogens is 264 g/mol. The van der Waals surface area contributed by atoms with Gasteiger partial charge in [0.05, 0.1) is 20.9 Å². The van der Waals surface area contributed by atoms with Crippen molar-refractivity contribution in [3.8, 4) is 11.4 Å². The van der Waals surface area contributed by atoms with Crippen molar-refractivity contribution in [3.63, 3.8) is 0 Å². The van der Waals surface area contributed by atoms with Crippen molar-refractivity contribution in [1.29, 1.82) is 0 Å². The normalized spacial score (nSPS) is 11.1. The van der Waals surface area contributed by atoms with Gasteiger partial charge in [-0.15, -0.1) is 11.3 Å². The number of benzene rings is 1. The molecule has 0 unspecified atom stereocenters. The van der Waals surface area contributed by atoms with Crippen LogP contribution in [0.1, 0.15) is 11.3 Å². The smallest absolute Gasteiger partial charge is 0.161 e.